The van der Waals surface area contributed by atoms with Gasteiger partial charge in [0, 0.05) is 12.8 Å². The number of likely N-dealkylation sites (N-methyl/N-ethyl adjacent to an activating group) is 1. The van der Waals surface area contributed by atoms with E-state index in [1.807, 2.05) is 33.3 Å². The second-order valence-electron chi connectivity index (χ2n) is 22.5. The van der Waals surface area contributed by atoms with Gasteiger partial charge in [0.25, 0.3) is 0 Å². The molecule has 0 saturated carbocycles. The van der Waals surface area contributed by atoms with E-state index in [4.69, 9.17) is 13.8 Å². The Labute approximate surface area is 481 Å². The zero-order valence-electron chi connectivity index (χ0n) is 51.4. The van der Waals surface area contributed by atoms with Crippen LogP contribution in [0.3, 0.4) is 0 Å². The van der Waals surface area contributed by atoms with Crippen molar-refractivity contribution >= 4 is 19.7 Å². The van der Waals surface area contributed by atoms with Gasteiger partial charge in [-0.15, -0.1) is 0 Å². The number of amides is 1. The Bertz CT molecular complexity index is 1660. The first kappa shape index (κ1) is 74.9. The largest absolute Gasteiger partial charge is 0.472 e. The molecular formula is C68H122N2O7P+. The van der Waals surface area contributed by atoms with Gasteiger partial charge in [-0.25, -0.2) is 4.57 Å². The Morgan fingerprint density at radius 1 is 0.462 bits per heavy atom. The van der Waals surface area contributed by atoms with E-state index in [0.29, 0.717) is 23.9 Å². The van der Waals surface area contributed by atoms with Gasteiger partial charge in [0.2, 0.25) is 5.91 Å². The molecule has 3 unspecified atom stereocenters. The van der Waals surface area contributed by atoms with Crippen LogP contribution >= 0.6 is 7.82 Å². The fraction of sp³-hybridized carbons (Fsp3) is 0.735. The summed E-state index contributed by atoms with van der Waals surface area (Å²) in [6.45, 7) is 6.87. The van der Waals surface area contributed by atoms with Crippen LogP contribution in [0.5, 0.6) is 0 Å². The molecule has 0 aromatic carbocycles. The molecule has 0 aliphatic rings. The van der Waals surface area contributed by atoms with Gasteiger partial charge in [-0.1, -0.05) is 247 Å². The number of hydrogen-bond acceptors (Lipinski definition) is 6. The molecule has 9 nitrogen and oxygen atoms in total. The Morgan fingerprint density at radius 3 is 1.24 bits per heavy atom. The van der Waals surface area contributed by atoms with Crippen molar-refractivity contribution in [3.63, 3.8) is 0 Å². The van der Waals surface area contributed by atoms with E-state index in [1.165, 1.54) is 116 Å². The van der Waals surface area contributed by atoms with Gasteiger partial charge in [0.1, 0.15) is 19.3 Å². The third kappa shape index (κ3) is 57.6. The predicted molar refractivity (Wildman–Crippen MR) is 337 cm³/mol. The highest BCUT2D eigenvalue weighted by atomic mass is 31.2. The van der Waals surface area contributed by atoms with E-state index in [2.05, 4.69) is 111 Å². The van der Waals surface area contributed by atoms with Crippen LogP contribution in [-0.4, -0.2) is 74.3 Å². The van der Waals surface area contributed by atoms with Crippen LogP contribution in [0, 0.1) is 0 Å². The Morgan fingerprint density at radius 2 is 0.821 bits per heavy atom. The molecule has 0 bridgehead atoms. The minimum atomic E-state index is -4.46. The van der Waals surface area contributed by atoms with Crippen LogP contribution in [0.25, 0.3) is 0 Å². The van der Waals surface area contributed by atoms with Crippen LogP contribution in [0.15, 0.2) is 97.2 Å². The standard InChI is InChI=1S/C68H121N2O7P/c1-7-10-13-16-19-22-25-28-30-32-33-34-35-36-37-39-40-42-45-48-51-54-57-60-67(71)69-65(64-76-78(73,74)75-63-62-70(4,5)6)66(59-56-53-50-47-44-27-24-21-18-15-12-9-3)77-68(72)61-58-55-52-49-46-43-41-38-31-29-26-23-20-17-14-11-8-2/h10,13,19,22,28-31,33-34,36-37,40,42,56,59,65-66H,7-9,11-12,14-18,20-21,23-27,32,35,38-39,41,43-55,57-58,60-64H2,1-6H3,(H-,69,71,73,74)/p+1/b13-10-,22-19-,30-28-,31-29+,34-33-,37-36-,42-40-,59-56-. The summed E-state index contributed by atoms with van der Waals surface area (Å²) in [6.07, 6.45) is 76.9. The van der Waals surface area contributed by atoms with Crippen molar-refractivity contribution < 1.29 is 37.3 Å². The SMILES string of the molecule is CC/C=C\C/C=C\C/C=C\C/C=C\C/C=C\C/C=C\CCCCCCC(=O)NC(COP(=O)(O)OCC[N+](C)(C)C)C(/C=C\CCCCCCCCCCCC)OC(=O)CCCCCCCCC/C=C/CCCCCCCC. The number of phosphoric ester groups is 1. The van der Waals surface area contributed by atoms with Crippen LogP contribution in [0.2, 0.25) is 0 Å². The first-order valence-electron chi connectivity index (χ1n) is 32.1. The number of rotatable bonds is 57. The molecule has 0 heterocycles. The molecule has 10 heteroatoms. The van der Waals surface area contributed by atoms with Gasteiger partial charge < -0.3 is 19.4 Å². The fourth-order valence-corrected chi connectivity index (χ4v) is 9.56. The molecule has 0 spiro atoms. The number of carbonyl (C=O) groups is 2. The van der Waals surface area contributed by atoms with Crippen LogP contribution in [0.4, 0.5) is 0 Å². The summed E-state index contributed by atoms with van der Waals surface area (Å²) < 4.78 is 30.7. The monoisotopic (exact) mass is 1110 g/mol. The molecule has 0 aromatic heterocycles. The number of carbonyl (C=O) groups excluding carboxylic acids is 2. The second-order valence-corrected chi connectivity index (χ2v) is 24.0. The second kappa shape index (κ2) is 57.2. The highest BCUT2D eigenvalue weighted by molar-refractivity contribution is 7.47. The minimum Gasteiger partial charge on any atom is -0.456 e. The van der Waals surface area contributed by atoms with Crippen molar-refractivity contribution in [2.75, 3.05) is 40.9 Å². The summed E-state index contributed by atoms with van der Waals surface area (Å²) >= 11 is 0. The van der Waals surface area contributed by atoms with E-state index >= 15 is 0 Å². The maximum atomic E-state index is 13.6. The molecule has 2 N–H and O–H groups in total. The average molecular weight is 1110 g/mol. The zero-order valence-corrected chi connectivity index (χ0v) is 52.3. The van der Waals surface area contributed by atoms with E-state index < -0.39 is 20.0 Å². The number of unbranched alkanes of at least 4 members (excludes halogenated alkanes) is 27. The molecule has 0 aliphatic carbocycles. The van der Waals surface area contributed by atoms with Crippen molar-refractivity contribution in [1.29, 1.82) is 0 Å². The topological polar surface area (TPSA) is 111 Å². The average Bonchev–Trinajstić information content (AvgIpc) is 3.40. The normalized spacial score (nSPS) is 14.3. The lowest BCUT2D eigenvalue weighted by Gasteiger charge is -2.27. The van der Waals surface area contributed by atoms with E-state index in [1.54, 1.807) is 0 Å². The lowest BCUT2D eigenvalue weighted by atomic mass is 10.0. The summed E-state index contributed by atoms with van der Waals surface area (Å²) in [6, 6.07) is -0.869. The van der Waals surface area contributed by atoms with Crippen molar-refractivity contribution in [3.05, 3.63) is 97.2 Å². The number of allylic oxidation sites excluding steroid dienone is 15. The number of nitrogens with one attached hydrogen (secondary N) is 1. The fourth-order valence-electron chi connectivity index (χ4n) is 8.82. The Balaban J connectivity index is 5.28. The number of ether oxygens (including phenoxy) is 1. The van der Waals surface area contributed by atoms with Crippen LogP contribution < -0.4 is 5.32 Å². The number of quaternary nitrogens is 1. The molecule has 450 valence electrons. The molecule has 0 saturated heterocycles. The maximum Gasteiger partial charge on any atom is 0.472 e. The molecule has 0 fully saturated rings. The van der Waals surface area contributed by atoms with Crippen LogP contribution in [0.1, 0.15) is 271 Å². The molecule has 78 heavy (non-hydrogen) atoms. The van der Waals surface area contributed by atoms with Crippen molar-refractivity contribution in [3.8, 4) is 0 Å². The summed E-state index contributed by atoms with van der Waals surface area (Å²) in [5.74, 6) is -0.540. The van der Waals surface area contributed by atoms with Crippen molar-refractivity contribution in [2.24, 2.45) is 0 Å². The van der Waals surface area contributed by atoms with Gasteiger partial charge >= 0.3 is 13.8 Å². The van der Waals surface area contributed by atoms with Gasteiger partial charge in [-0.3, -0.25) is 18.6 Å². The summed E-state index contributed by atoms with van der Waals surface area (Å²) in [4.78, 5) is 37.7. The van der Waals surface area contributed by atoms with Crippen molar-refractivity contribution in [1.82, 2.24) is 5.32 Å². The number of phosphoric acid groups is 1. The molecular weight excluding hydrogens is 988 g/mol. The molecule has 1 amide bonds. The highest BCUT2D eigenvalue weighted by Crippen LogP contribution is 2.43. The minimum absolute atomic E-state index is 0.0300. The Hall–Kier alpha value is -3.07. The molecule has 0 rings (SSSR count). The predicted octanol–water partition coefficient (Wildman–Crippen LogP) is 19.9. The lowest BCUT2D eigenvalue weighted by molar-refractivity contribution is -0.870. The summed E-state index contributed by atoms with van der Waals surface area (Å²) in [5.41, 5.74) is 0. The van der Waals surface area contributed by atoms with E-state index in [9.17, 15) is 19.0 Å². The number of esters is 1. The van der Waals surface area contributed by atoms with E-state index in [0.717, 1.165) is 116 Å². The number of hydrogen-bond donors (Lipinski definition) is 2. The van der Waals surface area contributed by atoms with Gasteiger partial charge in [-0.2, -0.15) is 0 Å². The molecule has 0 aromatic rings. The summed E-state index contributed by atoms with van der Waals surface area (Å²) in [7, 11) is 1.47. The van der Waals surface area contributed by atoms with E-state index in [-0.39, 0.29) is 31.5 Å². The third-order valence-electron chi connectivity index (χ3n) is 13.8. The van der Waals surface area contributed by atoms with Gasteiger partial charge in [0.15, 0.2) is 0 Å². The third-order valence-corrected chi connectivity index (χ3v) is 14.7. The molecule has 0 aliphatic heterocycles. The highest BCUT2D eigenvalue weighted by Gasteiger charge is 2.30. The molecule has 3 atom stereocenters. The van der Waals surface area contributed by atoms with Crippen molar-refractivity contribution in [2.45, 2.75) is 283 Å². The van der Waals surface area contributed by atoms with Gasteiger partial charge in [0.05, 0.1) is 33.8 Å². The first-order valence-corrected chi connectivity index (χ1v) is 33.6. The molecule has 0 radical (unpaired) electrons. The maximum absolute atomic E-state index is 13.6. The summed E-state index contributed by atoms with van der Waals surface area (Å²) in [5, 5.41) is 3.04. The number of nitrogens with zero attached hydrogens (tertiary/aromatic N) is 1. The first-order chi connectivity index (χ1) is 37.9. The van der Waals surface area contributed by atoms with Crippen LogP contribution in [-0.2, 0) is 27.9 Å². The van der Waals surface area contributed by atoms with Gasteiger partial charge in [-0.05, 0) is 109 Å². The smallest absolute Gasteiger partial charge is 0.456 e. The quantitative estimate of drug-likeness (QED) is 0.0205. The Kier molecular flexibility index (Phi) is 54.9. The zero-order chi connectivity index (χ0) is 57.2. The lowest BCUT2D eigenvalue weighted by Crippen LogP contribution is -2.47.